The molecule has 1 aliphatic heterocycles. The van der Waals surface area contributed by atoms with Crippen LogP contribution in [0.15, 0.2) is 109 Å². The predicted molar refractivity (Wildman–Crippen MR) is 177 cm³/mol. The molecule has 4 nitrogen and oxygen atoms in total. The van der Waals surface area contributed by atoms with Gasteiger partial charge in [-0.05, 0) is 75.5 Å². The molecule has 2 aliphatic rings. The highest BCUT2D eigenvalue weighted by atomic mass is 16.5. The molecule has 0 fully saturated rings. The van der Waals surface area contributed by atoms with E-state index in [0.717, 1.165) is 50.5 Å². The van der Waals surface area contributed by atoms with E-state index in [0.29, 0.717) is 0 Å². The van der Waals surface area contributed by atoms with Gasteiger partial charge in [0.1, 0.15) is 23.0 Å². The second kappa shape index (κ2) is 9.92. The Labute approximate surface area is 257 Å². The minimum atomic E-state index is -0.864. The lowest BCUT2D eigenvalue weighted by molar-refractivity contribution is 0.163. The molecule has 1 atom stereocenters. The van der Waals surface area contributed by atoms with Crippen molar-refractivity contribution in [2.75, 3.05) is 21.3 Å². The Morgan fingerprint density at radius 2 is 1.18 bits per heavy atom. The molecule has 0 amide bonds. The van der Waals surface area contributed by atoms with Crippen molar-refractivity contribution in [3.8, 4) is 34.1 Å². The smallest absolute Gasteiger partial charge is 0.178 e. The van der Waals surface area contributed by atoms with E-state index < -0.39 is 5.60 Å². The molecule has 0 spiro atoms. The molecule has 44 heavy (non-hydrogen) atoms. The van der Waals surface area contributed by atoms with Crippen LogP contribution in [-0.4, -0.2) is 21.3 Å². The largest absolute Gasteiger partial charge is 0.497 e. The van der Waals surface area contributed by atoms with Crippen molar-refractivity contribution in [1.82, 2.24) is 0 Å². The molecule has 0 saturated heterocycles. The quantitative estimate of drug-likeness (QED) is 0.205. The molecular weight excluding hydrogens is 544 g/mol. The molecule has 1 unspecified atom stereocenters. The first-order valence-corrected chi connectivity index (χ1v) is 14.9. The summed E-state index contributed by atoms with van der Waals surface area (Å²) in [6, 6.07) is 35.8. The fourth-order valence-corrected chi connectivity index (χ4v) is 7.30. The van der Waals surface area contributed by atoms with Crippen molar-refractivity contribution < 1.29 is 18.9 Å². The van der Waals surface area contributed by atoms with Crippen molar-refractivity contribution in [3.05, 3.63) is 137 Å². The third-order valence-corrected chi connectivity index (χ3v) is 9.44. The molecule has 1 heterocycles. The molecule has 4 heteroatoms. The van der Waals surface area contributed by atoms with Crippen LogP contribution in [0.25, 0.3) is 38.7 Å². The predicted octanol–water partition coefficient (Wildman–Crippen LogP) is 9.50. The topological polar surface area (TPSA) is 36.9 Å². The Bertz CT molecular complexity index is 2060. The number of fused-ring (bicyclic) bond motifs is 10. The molecule has 0 aromatic heterocycles. The monoisotopic (exact) mass is 576 g/mol. The van der Waals surface area contributed by atoms with Crippen LogP contribution in [0.5, 0.6) is 23.0 Å². The number of methoxy groups -OCH3 is 3. The molecule has 216 valence electrons. The van der Waals surface area contributed by atoms with E-state index >= 15 is 0 Å². The third-order valence-electron chi connectivity index (χ3n) is 9.44. The van der Waals surface area contributed by atoms with E-state index in [1.807, 2.05) is 24.3 Å². The van der Waals surface area contributed by atoms with Gasteiger partial charge in [-0.1, -0.05) is 79.7 Å². The minimum Gasteiger partial charge on any atom is -0.497 e. The molecule has 8 rings (SSSR count). The summed E-state index contributed by atoms with van der Waals surface area (Å²) >= 11 is 0. The second-order valence-electron chi connectivity index (χ2n) is 11.5. The summed E-state index contributed by atoms with van der Waals surface area (Å²) in [5, 5.41) is 4.62. The summed E-state index contributed by atoms with van der Waals surface area (Å²) in [5.41, 5.74) is 7.40. The number of ether oxygens (including phenoxy) is 4. The van der Waals surface area contributed by atoms with Gasteiger partial charge in [0.25, 0.3) is 0 Å². The fraction of sp³-hybridized carbons (Fsp3) is 0.150. The van der Waals surface area contributed by atoms with Crippen LogP contribution in [0.2, 0.25) is 0 Å². The SMILES string of the molecule is COc1ccc(C2(c3ccc(OC)cc3)C=Cc3c4c(c5ccccc5c3O2)C(C)c2cc(OC)c3ccccc3c2-4)cc1. The molecule has 6 aromatic carbocycles. The van der Waals surface area contributed by atoms with Gasteiger partial charge in [0.15, 0.2) is 5.60 Å². The lowest BCUT2D eigenvalue weighted by Gasteiger charge is -2.37. The molecule has 6 aromatic rings. The highest BCUT2D eigenvalue weighted by Gasteiger charge is 2.41. The summed E-state index contributed by atoms with van der Waals surface area (Å²) in [4.78, 5) is 0. The molecule has 0 radical (unpaired) electrons. The van der Waals surface area contributed by atoms with Crippen LogP contribution in [0.1, 0.15) is 40.7 Å². The van der Waals surface area contributed by atoms with Crippen molar-refractivity contribution in [1.29, 1.82) is 0 Å². The van der Waals surface area contributed by atoms with Crippen molar-refractivity contribution in [2.45, 2.75) is 18.4 Å². The Morgan fingerprint density at radius 3 is 1.77 bits per heavy atom. The molecular formula is C40H32O4. The average molecular weight is 577 g/mol. The van der Waals surface area contributed by atoms with Gasteiger partial charge in [-0.15, -0.1) is 0 Å². The van der Waals surface area contributed by atoms with Gasteiger partial charge >= 0.3 is 0 Å². The van der Waals surface area contributed by atoms with E-state index in [-0.39, 0.29) is 5.92 Å². The highest BCUT2D eigenvalue weighted by molar-refractivity contribution is 6.12. The van der Waals surface area contributed by atoms with E-state index in [4.69, 9.17) is 18.9 Å². The first-order chi connectivity index (χ1) is 21.6. The van der Waals surface area contributed by atoms with Gasteiger partial charge in [-0.25, -0.2) is 0 Å². The number of rotatable bonds is 5. The van der Waals surface area contributed by atoms with Gasteiger partial charge in [0.05, 0.1) is 21.3 Å². The van der Waals surface area contributed by atoms with Gasteiger partial charge in [0.2, 0.25) is 0 Å². The first kappa shape index (κ1) is 26.4. The Morgan fingerprint density at radius 1 is 0.614 bits per heavy atom. The van der Waals surface area contributed by atoms with Gasteiger partial charge < -0.3 is 18.9 Å². The summed E-state index contributed by atoms with van der Waals surface area (Å²) in [5.74, 6) is 3.58. The highest BCUT2D eigenvalue weighted by Crippen LogP contribution is 2.58. The summed E-state index contributed by atoms with van der Waals surface area (Å²) in [6.45, 7) is 2.31. The van der Waals surface area contributed by atoms with E-state index in [1.165, 1.54) is 33.0 Å². The van der Waals surface area contributed by atoms with Gasteiger partial charge in [0, 0.05) is 33.4 Å². The number of hydrogen-bond acceptors (Lipinski definition) is 4. The fourth-order valence-electron chi connectivity index (χ4n) is 7.30. The summed E-state index contributed by atoms with van der Waals surface area (Å²) < 4.78 is 24.3. The van der Waals surface area contributed by atoms with E-state index in [2.05, 4.69) is 97.9 Å². The van der Waals surface area contributed by atoms with Crippen LogP contribution < -0.4 is 18.9 Å². The second-order valence-corrected chi connectivity index (χ2v) is 11.5. The third kappa shape index (κ3) is 3.64. The summed E-state index contributed by atoms with van der Waals surface area (Å²) in [7, 11) is 5.13. The standard InChI is InChI=1S/C40H32O4/c1-24-34-23-35(43-4)29-9-5-6-10-30(29)37(34)38-33-21-22-40(25-13-17-27(41-2)18-14-25,26-15-19-28(42-3)20-16-26)44-39(33)32-12-8-7-11-31(32)36(24)38/h5-24H,1-4H3. The summed E-state index contributed by atoms with van der Waals surface area (Å²) in [6.07, 6.45) is 4.49. The van der Waals surface area contributed by atoms with Crippen LogP contribution in [0.4, 0.5) is 0 Å². The number of hydrogen-bond donors (Lipinski definition) is 0. The maximum absolute atomic E-state index is 7.39. The normalized spacial score (nSPS) is 15.8. The van der Waals surface area contributed by atoms with Crippen LogP contribution in [0.3, 0.4) is 0 Å². The molecule has 1 aliphatic carbocycles. The lowest BCUT2D eigenvalue weighted by Crippen LogP contribution is -2.34. The molecule has 0 saturated carbocycles. The maximum atomic E-state index is 7.39. The van der Waals surface area contributed by atoms with Crippen LogP contribution in [-0.2, 0) is 5.60 Å². The van der Waals surface area contributed by atoms with E-state index in [1.54, 1.807) is 21.3 Å². The first-order valence-electron chi connectivity index (χ1n) is 14.9. The maximum Gasteiger partial charge on any atom is 0.178 e. The van der Waals surface area contributed by atoms with Gasteiger partial charge in [-0.2, -0.15) is 0 Å². The Kier molecular flexibility index (Phi) is 5.95. The van der Waals surface area contributed by atoms with Crippen molar-refractivity contribution in [2.24, 2.45) is 0 Å². The minimum absolute atomic E-state index is 0.192. The zero-order valence-electron chi connectivity index (χ0n) is 25.2. The average Bonchev–Trinajstić information content (AvgIpc) is 3.40. The van der Waals surface area contributed by atoms with Crippen LogP contribution in [0, 0.1) is 0 Å². The zero-order chi connectivity index (χ0) is 30.0. The van der Waals surface area contributed by atoms with E-state index in [9.17, 15) is 0 Å². The molecule has 0 bridgehead atoms. The number of benzene rings is 6. The lowest BCUT2D eigenvalue weighted by atomic mass is 9.81. The van der Waals surface area contributed by atoms with Crippen LogP contribution >= 0.6 is 0 Å². The van der Waals surface area contributed by atoms with Crippen molar-refractivity contribution in [3.63, 3.8) is 0 Å². The molecule has 0 N–H and O–H groups in total. The van der Waals surface area contributed by atoms with Gasteiger partial charge in [-0.3, -0.25) is 0 Å². The Balaban J connectivity index is 1.44. The van der Waals surface area contributed by atoms with Crippen molar-refractivity contribution >= 4 is 27.6 Å². The zero-order valence-corrected chi connectivity index (χ0v) is 25.2. The Hall–Kier alpha value is -5.22.